The molecule has 0 unspecified atom stereocenters. The monoisotopic (exact) mass is 880 g/mol. The molecule has 9 aromatic rings. The summed E-state index contributed by atoms with van der Waals surface area (Å²) in [4.78, 5) is 4.84. The zero-order valence-electron chi connectivity index (χ0n) is 40.7. The van der Waals surface area contributed by atoms with Crippen molar-refractivity contribution in [2.45, 2.75) is 77.0 Å². The molecule has 2 aliphatic rings. The Morgan fingerprint density at radius 2 is 0.588 bits per heavy atom. The van der Waals surface area contributed by atoms with E-state index in [2.05, 4.69) is 284 Å². The second-order valence-corrected chi connectivity index (χ2v) is 21.1. The van der Waals surface area contributed by atoms with Crippen LogP contribution >= 0.6 is 0 Å². The molecule has 0 saturated heterocycles. The van der Waals surface area contributed by atoms with E-state index in [1.54, 1.807) is 0 Å². The van der Waals surface area contributed by atoms with E-state index >= 15 is 0 Å². The lowest BCUT2D eigenvalue weighted by molar-refractivity contribution is 0.626. The van der Waals surface area contributed by atoms with Gasteiger partial charge in [-0.05, 0) is 140 Å². The van der Waals surface area contributed by atoms with Gasteiger partial charge in [0.1, 0.15) is 0 Å². The normalized spacial score (nSPS) is 14.1. The van der Waals surface area contributed by atoms with Crippen LogP contribution in [-0.2, 0) is 21.7 Å². The van der Waals surface area contributed by atoms with E-state index in [0.717, 1.165) is 34.1 Å². The standard InChI is InChI=1S/C66H60N2/c1-63(2,47-21-19-27-51(41-47)67(49-23-11-9-12-24-49)53-37-39-57-55-29-15-17-31-59(55)65(5,6)61(57)43-53)45-33-35-46(36-34-45)64(3,4)48-22-20-28-52(42-48)68(50-25-13-10-14-26-50)54-38-40-58-56-30-16-18-32-60(56)66(7,8)62(58)44-54/h9-44H,1-8H3. The van der Waals surface area contributed by atoms with E-state index < -0.39 is 0 Å². The molecule has 2 nitrogen and oxygen atoms in total. The molecule has 0 N–H and O–H groups in total. The van der Waals surface area contributed by atoms with E-state index in [0.29, 0.717) is 0 Å². The van der Waals surface area contributed by atoms with Crippen molar-refractivity contribution in [1.29, 1.82) is 0 Å². The second-order valence-electron chi connectivity index (χ2n) is 21.1. The van der Waals surface area contributed by atoms with Crippen LogP contribution < -0.4 is 9.80 Å². The van der Waals surface area contributed by atoms with E-state index in [9.17, 15) is 0 Å². The van der Waals surface area contributed by atoms with E-state index in [1.807, 2.05) is 0 Å². The largest absolute Gasteiger partial charge is 0.310 e. The Kier molecular flexibility index (Phi) is 10.2. The molecule has 11 rings (SSSR count). The quantitative estimate of drug-likeness (QED) is 0.135. The first kappa shape index (κ1) is 43.2. The fourth-order valence-electron chi connectivity index (χ4n) is 11.4. The molecule has 0 spiro atoms. The van der Waals surface area contributed by atoms with Crippen molar-refractivity contribution in [3.63, 3.8) is 0 Å². The first-order valence-corrected chi connectivity index (χ1v) is 24.3. The summed E-state index contributed by atoms with van der Waals surface area (Å²) in [5.41, 5.74) is 22.2. The van der Waals surface area contributed by atoms with Gasteiger partial charge in [0.25, 0.3) is 0 Å². The Bertz CT molecular complexity index is 3110. The summed E-state index contributed by atoms with van der Waals surface area (Å²) in [6.45, 7) is 18.9. The minimum absolute atomic E-state index is 0.0890. The lowest BCUT2D eigenvalue weighted by atomic mass is 9.74. The van der Waals surface area contributed by atoms with Crippen LogP contribution in [0.5, 0.6) is 0 Å². The van der Waals surface area contributed by atoms with Crippen molar-refractivity contribution < 1.29 is 0 Å². The van der Waals surface area contributed by atoms with Crippen LogP contribution in [0.1, 0.15) is 99.9 Å². The highest BCUT2D eigenvalue weighted by Crippen LogP contribution is 2.53. The zero-order chi connectivity index (χ0) is 47.0. The van der Waals surface area contributed by atoms with Crippen molar-refractivity contribution in [1.82, 2.24) is 0 Å². The maximum Gasteiger partial charge on any atom is 0.0465 e. The Labute approximate surface area is 404 Å². The predicted octanol–water partition coefficient (Wildman–Crippen LogP) is 17.9. The molecule has 0 aliphatic heterocycles. The SMILES string of the molecule is CC(C)(c1ccc(C(C)(C)c2cccc(N(c3ccccc3)c3ccc4c(c3)C(C)(C)c3ccccc3-4)c2)cc1)c1cccc(N(c2ccccc2)c2ccc3c(c2)C(C)(C)c2ccccc2-3)c1. The van der Waals surface area contributed by atoms with Crippen molar-refractivity contribution >= 4 is 34.1 Å². The van der Waals surface area contributed by atoms with Crippen LogP contribution in [0.15, 0.2) is 218 Å². The first-order chi connectivity index (χ1) is 32.7. The Morgan fingerprint density at radius 3 is 0.985 bits per heavy atom. The maximum absolute atomic E-state index is 2.42. The van der Waals surface area contributed by atoms with Crippen LogP contribution in [0.4, 0.5) is 34.1 Å². The number of hydrogen-bond acceptors (Lipinski definition) is 2. The van der Waals surface area contributed by atoms with Crippen LogP contribution in [0, 0.1) is 0 Å². The highest BCUT2D eigenvalue weighted by molar-refractivity contribution is 5.87. The lowest BCUT2D eigenvalue weighted by Gasteiger charge is -2.32. The van der Waals surface area contributed by atoms with Gasteiger partial charge in [-0.3, -0.25) is 0 Å². The molecule has 0 aromatic heterocycles. The van der Waals surface area contributed by atoms with Gasteiger partial charge < -0.3 is 9.80 Å². The molecule has 0 radical (unpaired) electrons. The zero-order valence-corrected chi connectivity index (χ0v) is 40.7. The molecule has 0 bridgehead atoms. The Balaban J connectivity index is 0.905. The van der Waals surface area contributed by atoms with Crippen molar-refractivity contribution in [2.75, 3.05) is 9.80 Å². The van der Waals surface area contributed by atoms with E-state index in [-0.39, 0.29) is 21.7 Å². The average molecular weight is 881 g/mol. The first-order valence-electron chi connectivity index (χ1n) is 24.3. The molecular formula is C66H60N2. The summed E-state index contributed by atoms with van der Waals surface area (Å²) in [5, 5.41) is 0. The van der Waals surface area contributed by atoms with Gasteiger partial charge >= 0.3 is 0 Å². The molecule has 0 amide bonds. The van der Waals surface area contributed by atoms with Crippen LogP contribution in [0.25, 0.3) is 22.3 Å². The van der Waals surface area contributed by atoms with Crippen molar-refractivity contribution in [2.24, 2.45) is 0 Å². The van der Waals surface area contributed by atoms with Gasteiger partial charge in [0.2, 0.25) is 0 Å². The minimum Gasteiger partial charge on any atom is -0.310 e. The van der Waals surface area contributed by atoms with Gasteiger partial charge in [-0.2, -0.15) is 0 Å². The van der Waals surface area contributed by atoms with Crippen molar-refractivity contribution in [3.8, 4) is 22.3 Å². The lowest BCUT2D eigenvalue weighted by Crippen LogP contribution is -2.22. The molecule has 334 valence electrons. The Morgan fingerprint density at radius 1 is 0.265 bits per heavy atom. The predicted molar refractivity (Wildman–Crippen MR) is 288 cm³/mol. The third kappa shape index (κ3) is 7.00. The van der Waals surface area contributed by atoms with Gasteiger partial charge in [-0.1, -0.05) is 201 Å². The number of fused-ring (bicyclic) bond motifs is 6. The molecule has 0 heterocycles. The van der Waals surface area contributed by atoms with E-state index in [4.69, 9.17) is 0 Å². The third-order valence-electron chi connectivity index (χ3n) is 15.7. The number of nitrogens with zero attached hydrogens (tertiary/aromatic N) is 2. The average Bonchev–Trinajstić information content (AvgIpc) is 3.74. The summed E-state index contributed by atoms with van der Waals surface area (Å²) in [6.07, 6.45) is 0. The number of rotatable bonds is 10. The molecular weight excluding hydrogens is 821 g/mol. The summed E-state index contributed by atoms with van der Waals surface area (Å²) >= 11 is 0. The van der Waals surface area contributed by atoms with Crippen LogP contribution in [0.3, 0.4) is 0 Å². The van der Waals surface area contributed by atoms with Gasteiger partial charge in [0.05, 0.1) is 0 Å². The van der Waals surface area contributed by atoms with Crippen LogP contribution in [-0.4, -0.2) is 0 Å². The Hall–Kier alpha value is -7.42. The summed E-state index contributed by atoms with van der Waals surface area (Å²) < 4.78 is 0. The molecule has 0 atom stereocenters. The molecule has 9 aromatic carbocycles. The number of hydrogen-bond donors (Lipinski definition) is 0. The summed E-state index contributed by atoms with van der Waals surface area (Å²) in [6, 6.07) is 81.2. The highest BCUT2D eigenvalue weighted by atomic mass is 15.1. The number of benzene rings is 9. The highest BCUT2D eigenvalue weighted by Gasteiger charge is 2.37. The topological polar surface area (TPSA) is 6.48 Å². The van der Waals surface area contributed by atoms with E-state index in [1.165, 1.54) is 66.8 Å². The van der Waals surface area contributed by atoms with Crippen LogP contribution in [0.2, 0.25) is 0 Å². The number of anilines is 6. The fraction of sp³-hybridized carbons (Fsp3) is 0.182. The minimum atomic E-state index is -0.259. The molecule has 2 heteroatoms. The molecule has 68 heavy (non-hydrogen) atoms. The fourth-order valence-corrected chi connectivity index (χ4v) is 11.4. The third-order valence-corrected chi connectivity index (χ3v) is 15.7. The maximum atomic E-state index is 2.42. The van der Waals surface area contributed by atoms with Gasteiger partial charge in [0, 0.05) is 55.8 Å². The van der Waals surface area contributed by atoms with Gasteiger partial charge in [-0.25, -0.2) is 0 Å². The van der Waals surface area contributed by atoms with Gasteiger partial charge in [0.15, 0.2) is 0 Å². The summed E-state index contributed by atoms with van der Waals surface area (Å²) in [7, 11) is 0. The summed E-state index contributed by atoms with van der Waals surface area (Å²) in [5.74, 6) is 0. The molecule has 2 aliphatic carbocycles. The second kappa shape index (κ2) is 16.1. The van der Waals surface area contributed by atoms with Gasteiger partial charge in [-0.15, -0.1) is 0 Å². The number of para-hydroxylation sites is 2. The smallest absolute Gasteiger partial charge is 0.0465 e. The molecule has 0 saturated carbocycles. The van der Waals surface area contributed by atoms with Crippen molar-refractivity contribution in [3.05, 3.63) is 263 Å². The molecule has 0 fully saturated rings.